The van der Waals surface area contributed by atoms with Crippen LogP contribution in [0, 0.1) is 0 Å². The molecule has 0 N–H and O–H groups in total. The Labute approximate surface area is 149 Å². The topological polar surface area (TPSA) is 26.3 Å². The van der Waals surface area contributed by atoms with E-state index in [1.165, 1.54) is 51.8 Å². The third kappa shape index (κ3) is 10.8. The molecule has 0 radical (unpaired) electrons. The van der Waals surface area contributed by atoms with Gasteiger partial charge in [-0.15, -0.1) is 0 Å². The fraction of sp³-hybridized carbons (Fsp3) is 0.706. The van der Waals surface area contributed by atoms with Crippen LogP contribution in [0.4, 0.5) is 0 Å². The number of carbonyl (C=O) groups is 1. The van der Waals surface area contributed by atoms with Crippen LogP contribution in [-0.4, -0.2) is 24.8 Å². The summed E-state index contributed by atoms with van der Waals surface area (Å²) in [5, 5.41) is 0. The van der Waals surface area contributed by atoms with Crippen molar-refractivity contribution in [3.63, 3.8) is 0 Å². The summed E-state index contributed by atoms with van der Waals surface area (Å²) < 4.78 is 11.6. The van der Waals surface area contributed by atoms with Crippen molar-refractivity contribution < 1.29 is 7.87 Å². The minimum atomic E-state index is -2.76. The maximum absolute atomic E-state index is 12.1. The van der Waals surface area contributed by atoms with Gasteiger partial charge in [-0.05, 0) is 0 Å². The minimum absolute atomic E-state index is 0.108. The third-order valence-electron chi connectivity index (χ3n) is 3.69. The predicted molar refractivity (Wildman–Crippen MR) is 103 cm³/mol. The van der Waals surface area contributed by atoms with Gasteiger partial charge >= 0.3 is 150 Å². The summed E-state index contributed by atoms with van der Waals surface area (Å²) in [4.78, 5) is 12.1. The molecule has 0 spiro atoms. The molecule has 4 heteroatoms. The maximum atomic E-state index is 12.1. The molecule has 0 atom stereocenters. The van der Waals surface area contributed by atoms with Crippen LogP contribution in [-0.2, 0) is 7.87 Å². The van der Waals surface area contributed by atoms with E-state index in [1.807, 2.05) is 10.2 Å². The van der Waals surface area contributed by atoms with E-state index in [0.29, 0.717) is 0 Å². The van der Waals surface area contributed by atoms with Gasteiger partial charge in [0, 0.05) is 0 Å². The van der Waals surface area contributed by atoms with Gasteiger partial charge in [0.25, 0.3) is 0 Å². The molecule has 2 nitrogen and oxygen atoms in total. The molecule has 0 aromatic rings. The third-order valence-corrected chi connectivity index (χ3v) is 16.7. The summed E-state index contributed by atoms with van der Waals surface area (Å²) in [5.41, 5.74) is 0. The van der Waals surface area contributed by atoms with Gasteiger partial charge in [0.05, 0.1) is 0 Å². The van der Waals surface area contributed by atoms with Gasteiger partial charge in [0.2, 0.25) is 0 Å². The second-order valence-electron chi connectivity index (χ2n) is 5.59. The number of hydrogen-bond donors (Lipinski definition) is 0. The average Bonchev–Trinajstić information content (AvgIpc) is 2.49. The van der Waals surface area contributed by atoms with Crippen molar-refractivity contribution in [2.75, 3.05) is 0 Å². The average molecular weight is 513 g/mol. The van der Waals surface area contributed by atoms with Crippen molar-refractivity contribution in [1.82, 2.24) is 0 Å². The van der Waals surface area contributed by atoms with E-state index >= 15 is 0 Å². The van der Waals surface area contributed by atoms with Crippen molar-refractivity contribution in [2.24, 2.45) is 0 Å². The second kappa shape index (κ2) is 14.1. The molecule has 0 unspecified atom stereocenters. The zero-order valence-electron chi connectivity index (χ0n) is 13.9. The predicted octanol–water partition coefficient (Wildman–Crippen LogP) is 6.38. The molecule has 0 aromatic carbocycles. The zero-order chi connectivity index (χ0) is 16.0. The van der Waals surface area contributed by atoms with E-state index in [-0.39, 0.29) is 5.97 Å². The van der Waals surface area contributed by atoms with E-state index in [0.717, 1.165) is 0 Å². The summed E-state index contributed by atoms with van der Waals surface area (Å²) in [7, 11) is 0. The van der Waals surface area contributed by atoms with E-state index < -0.39 is 18.8 Å². The molecule has 0 fully saturated rings. The normalized spacial score (nSPS) is 12.4. The first-order chi connectivity index (χ1) is 10.1. The Balaban J connectivity index is 4.88. The molecule has 21 heavy (non-hydrogen) atoms. The van der Waals surface area contributed by atoms with E-state index in [1.54, 1.807) is 12.2 Å². The van der Waals surface area contributed by atoms with Gasteiger partial charge in [-0.2, -0.15) is 0 Å². The Kier molecular flexibility index (Phi) is 14.4. The van der Waals surface area contributed by atoms with E-state index in [9.17, 15) is 4.79 Å². The number of unbranched alkanes of at least 4 members (excludes halogenated alkanes) is 3. The summed E-state index contributed by atoms with van der Waals surface area (Å²) >= 11 is -0.610. The van der Waals surface area contributed by atoms with E-state index in [4.69, 9.17) is 3.07 Å². The molecule has 0 aliphatic heterocycles. The number of allylic oxidation sites excluding steroid dienone is 2. The Hall–Kier alpha value is 0.479. The number of rotatable bonds is 12. The molecular formula is C17H31IO2Sn. The molecule has 0 saturated heterocycles. The Morgan fingerprint density at radius 2 is 1.43 bits per heavy atom. The summed E-state index contributed by atoms with van der Waals surface area (Å²) in [6, 6.07) is 0. The SMILES string of the molecule is CCC[CH2][Sn]([CH2]CCC)([CH2]CCC)[O]C(=O)/C=C\C=C\I. The van der Waals surface area contributed by atoms with Crippen molar-refractivity contribution in [3.05, 3.63) is 22.3 Å². The molecule has 0 bridgehead atoms. The van der Waals surface area contributed by atoms with Gasteiger partial charge in [0.1, 0.15) is 0 Å². The van der Waals surface area contributed by atoms with Crippen LogP contribution in [0.15, 0.2) is 22.3 Å². The molecule has 0 heterocycles. The molecular weight excluding hydrogens is 482 g/mol. The fourth-order valence-electron chi connectivity index (χ4n) is 2.45. The van der Waals surface area contributed by atoms with Crippen molar-refractivity contribution >= 4 is 47.4 Å². The Morgan fingerprint density at radius 1 is 0.952 bits per heavy atom. The van der Waals surface area contributed by atoms with Crippen LogP contribution in [0.5, 0.6) is 0 Å². The molecule has 0 aliphatic rings. The van der Waals surface area contributed by atoms with Gasteiger partial charge in [0.15, 0.2) is 0 Å². The summed E-state index contributed by atoms with van der Waals surface area (Å²) in [6.07, 6.45) is 12.5. The van der Waals surface area contributed by atoms with Crippen molar-refractivity contribution in [2.45, 2.75) is 72.6 Å². The van der Waals surface area contributed by atoms with Gasteiger partial charge in [-0.1, -0.05) is 0 Å². The van der Waals surface area contributed by atoms with Crippen LogP contribution in [0.2, 0.25) is 13.3 Å². The first kappa shape index (κ1) is 21.5. The van der Waals surface area contributed by atoms with Crippen LogP contribution in [0.1, 0.15) is 59.3 Å². The van der Waals surface area contributed by atoms with Gasteiger partial charge < -0.3 is 0 Å². The van der Waals surface area contributed by atoms with Gasteiger partial charge in [-0.3, -0.25) is 0 Å². The van der Waals surface area contributed by atoms with Gasteiger partial charge in [-0.25, -0.2) is 0 Å². The summed E-state index contributed by atoms with van der Waals surface area (Å²) in [6.45, 7) is 6.68. The standard InChI is InChI=1S/C5H5IO2.3C4H9.Sn/c6-4-2-1-3-5(7)8;3*1-3-4-2;/h1-4H,(H,7,8);3*1,3-4H2,2H3;/q;;;;+1/p-1/b3-1-,4-2+;;;;. The number of carbonyl (C=O) groups excluding carboxylic acids is 1. The zero-order valence-corrected chi connectivity index (χ0v) is 18.9. The molecule has 0 aliphatic carbocycles. The fourth-order valence-corrected chi connectivity index (χ4v) is 15.7. The second-order valence-corrected chi connectivity index (χ2v) is 17.9. The van der Waals surface area contributed by atoms with Crippen molar-refractivity contribution in [1.29, 1.82) is 0 Å². The molecule has 0 saturated carbocycles. The molecule has 122 valence electrons. The summed E-state index contributed by atoms with van der Waals surface area (Å²) in [5.74, 6) is -0.108. The Morgan fingerprint density at radius 3 is 1.81 bits per heavy atom. The molecule has 0 rings (SSSR count). The Bertz CT molecular complexity index is 305. The molecule has 0 aromatic heterocycles. The van der Waals surface area contributed by atoms with E-state index in [2.05, 4.69) is 43.4 Å². The monoisotopic (exact) mass is 514 g/mol. The molecule has 0 amide bonds. The van der Waals surface area contributed by atoms with Crippen LogP contribution in [0.25, 0.3) is 0 Å². The number of hydrogen-bond acceptors (Lipinski definition) is 2. The van der Waals surface area contributed by atoms with Crippen LogP contribution in [0.3, 0.4) is 0 Å². The first-order valence-corrected chi connectivity index (χ1v) is 16.8. The van der Waals surface area contributed by atoms with Crippen LogP contribution >= 0.6 is 22.6 Å². The number of halogens is 1. The quantitative estimate of drug-likeness (QED) is 0.131. The first-order valence-electron chi connectivity index (χ1n) is 8.30. The van der Waals surface area contributed by atoms with Crippen LogP contribution < -0.4 is 0 Å². The van der Waals surface area contributed by atoms with Crippen molar-refractivity contribution in [3.8, 4) is 0 Å².